The predicted octanol–water partition coefficient (Wildman–Crippen LogP) is 3.23. The molecular formula is C16H31BNO2P. The molecule has 2 N–H and O–H groups in total. The molecule has 0 radical (unpaired) electrons. The van der Waals surface area contributed by atoms with Crippen molar-refractivity contribution in [2.24, 2.45) is 17.6 Å². The van der Waals surface area contributed by atoms with Gasteiger partial charge in [0.05, 0.1) is 11.2 Å². The zero-order valence-corrected chi connectivity index (χ0v) is 15.3. The van der Waals surface area contributed by atoms with E-state index in [0.717, 1.165) is 0 Å². The summed E-state index contributed by atoms with van der Waals surface area (Å²) < 4.78 is 12.7. The lowest BCUT2D eigenvalue weighted by Gasteiger charge is -2.34. The molecule has 3 fully saturated rings. The van der Waals surface area contributed by atoms with E-state index in [-0.39, 0.29) is 24.4 Å². The van der Waals surface area contributed by atoms with Crippen LogP contribution < -0.4 is 5.73 Å². The van der Waals surface area contributed by atoms with Gasteiger partial charge in [-0.3, -0.25) is 0 Å². The molecule has 1 aliphatic heterocycles. The number of hydrogen-bond donors (Lipinski definition) is 1. The van der Waals surface area contributed by atoms with Crippen LogP contribution >= 0.6 is 9.24 Å². The SMILES string of the molecule is CC1(P)CC[C@H]2CC(C1)C(B1OC(C)(C)C(C)(C)O1)C2N. The first-order valence-corrected chi connectivity index (χ1v) is 9.00. The summed E-state index contributed by atoms with van der Waals surface area (Å²) in [4.78, 5) is 0. The fourth-order valence-corrected chi connectivity index (χ4v) is 5.00. The first-order chi connectivity index (χ1) is 9.52. The van der Waals surface area contributed by atoms with Crippen molar-refractivity contribution in [3.05, 3.63) is 0 Å². The second kappa shape index (κ2) is 4.93. The molecule has 2 aliphatic carbocycles. The van der Waals surface area contributed by atoms with Crippen LogP contribution in [-0.4, -0.2) is 29.5 Å². The van der Waals surface area contributed by atoms with Crippen LogP contribution in [0.2, 0.25) is 5.82 Å². The largest absolute Gasteiger partial charge is 0.463 e. The van der Waals surface area contributed by atoms with Crippen LogP contribution in [0.25, 0.3) is 0 Å². The number of nitrogens with two attached hydrogens (primary N) is 1. The summed E-state index contributed by atoms with van der Waals surface area (Å²) in [5.74, 6) is 1.61. The molecule has 1 saturated heterocycles. The van der Waals surface area contributed by atoms with E-state index in [4.69, 9.17) is 15.0 Å². The number of fused-ring (bicyclic) bond motifs is 2. The molecule has 5 heteroatoms. The van der Waals surface area contributed by atoms with E-state index in [2.05, 4.69) is 43.9 Å². The molecule has 2 saturated carbocycles. The quantitative estimate of drug-likeness (QED) is 0.597. The van der Waals surface area contributed by atoms with E-state index in [1.165, 1.54) is 25.7 Å². The Hall–Kier alpha value is 0.375. The van der Waals surface area contributed by atoms with Crippen LogP contribution in [-0.2, 0) is 9.31 Å². The monoisotopic (exact) mass is 311 g/mol. The molecule has 0 aromatic heterocycles. The fraction of sp³-hybridized carbons (Fsp3) is 1.00. The van der Waals surface area contributed by atoms with Crippen molar-refractivity contribution >= 4 is 16.4 Å². The van der Waals surface area contributed by atoms with E-state index >= 15 is 0 Å². The zero-order chi connectivity index (χ0) is 15.6. The Morgan fingerprint density at radius 3 is 2.19 bits per heavy atom. The molecule has 0 aromatic rings. The highest BCUT2D eigenvalue weighted by Crippen LogP contribution is 2.55. The van der Waals surface area contributed by atoms with Crippen molar-refractivity contribution in [3.8, 4) is 0 Å². The summed E-state index contributed by atoms with van der Waals surface area (Å²) in [6.07, 6.45) is 4.98. The maximum atomic E-state index is 6.61. The number of rotatable bonds is 1. The average molecular weight is 311 g/mol. The predicted molar refractivity (Wildman–Crippen MR) is 91.4 cm³/mol. The first kappa shape index (κ1) is 16.2. The van der Waals surface area contributed by atoms with Crippen molar-refractivity contribution in [1.29, 1.82) is 0 Å². The highest BCUT2D eigenvalue weighted by molar-refractivity contribution is 7.18. The summed E-state index contributed by atoms with van der Waals surface area (Å²) in [6, 6.07) is 0.228. The fourth-order valence-electron chi connectivity index (χ4n) is 4.53. The van der Waals surface area contributed by atoms with Gasteiger partial charge >= 0.3 is 7.12 Å². The van der Waals surface area contributed by atoms with Gasteiger partial charge < -0.3 is 15.0 Å². The summed E-state index contributed by atoms with van der Waals surface area (Å²) >= 11 is 0. The Morgan fingerprint density at radius 1 is 1.05 bits per heavy atom. The van der Waals surface area contributed by atoms with E-state index in [1.54, 1.807) is 0 Å². The standard InChI is InChI=1S/C16H31BNO2P/c1-14(2)15(3,4)20-17(19-14)12-11-8-10(13(12)18)6-7-16(5,21)9-11/h10-13H,6-9,18,21H2,1-5H3/t10-,11?,12?,13?,16?/m0/s1. The maximum absolute atomic E-state index is 6.61. The van der Waals surface area contributed by atoms with E-state index in [9.17, 15) is 0 Å². The third-order valence-electron chi connectivity index (χ3n) is 6.54. The van der Waals surface area contributed by atoms with Gasteiger partial charge in [0.25, 0.3) is 0 Å². The topological polar surface area (TPSA) is 44.5 Å². The van der Waals surface area contributed by atoms with Crippen LogP contribution in [0.15, 0.2) is 0 Å². The molecule has 0 aromatic carbocycles. The van der Waals surface area contributed by atoms with Crippen molar-refractivity contribution < 1.29 is 9.31 Å². The summed E-state index contributed by atoms with van der Waals surface area (Å²) in [7, 11) is 2.94. The Morgan fingerprint density at radius 2 is 1.62 bits per heavy atom. The third-order valence-corrected chi connectivity index (χ3v) is 7.06. The molecule has 6 atom stereocenters. The second-order valence-electron chi connectivity index (χ2n) is 8.93. The average Bonchev–Trinajstić information content (AvgIpc) is 2.62. The lowest BCUT2D eigenvalue weighted by molar-refractivity contribution is 0.00578. The van der Waals surface area contributed by atoms with Crippen LogP contribution in [0.5, 0.6) is 0 Å². The van der Waals surface area contributed by atoms with Gasteiger partial charge in [0, 0.05) is 11.9 Å². The Bertz CT molecular complexity index is 411. The minimum Gasteiger partial charge on any atom is -0.403 e. The number of hydrogen-bond acceptors (Lipinski definition) is 3. The smallest absolute Gasteiger partial charge is 0.403 e. The molecule has 1 heterocycles. The van der Waals surface area contributed by atoms with Crippen molar-refractivity contribution in [2.75, 3.05) is 0 Å². The van der Waals surface area contributed by atoms with Gasteiger partial charge in [0.1, 0.15) is 0 Å². The molecule has 2 bridgehead atoms. The normalized spacial score (nSPS) is 48.4. The first-order valence-electron chi connectivity index (χ1n) is 8.43. The van der Waals surface area contributed by atoms with Gasteiger partial charge in [-0.25, -0.2) is 0 Å². The molecule has 3 rings (SSSR count). The Balaban J connectivity index is 1.83. The zero-order valence-electron chi connectivity index (χ0n) is 14.2. The summed E-state index contributed by atoms with van der Waals surface area (Å²) in [6.45, 7) is 10.9. The van der Waals surface area contributed by atoms with E-state index in [1.807, 2.05) is 0 Å². The lowest BCUT2D eigenvalue weighted by atomic mass is 9.62. The van der Waals surface area contributed by atoms with Crippen molar-refractivity contribution in [2.45, 2.75) is 88.5 Å². The Labute approximate surface area is 132 Å². The minimum atomic E-state index is -0.256. The van der Waals surface area contributed by atoms with Gasteiger partial charge in [-0.1, -0.05) is 6.92 Å². The molecule has 3 nitrogen and oxygen atoms in total. The van der Waals surface area contributed by atoms with E-state index in [0.29, 0.717) is 22.8 Å². The third kappa shape index (κ3) is 2.71. The van der Waals surface area contributed by atoms with Crippen LogP contribution in [0.1, 0.15) is 60.3 Å². The lowest BCUT2D eigenvalue weighted by Crippen LogP contribution is -2.42. The van der Waals surface area contributed by atoms with E-state index < -0.39 is 0 Å². The van der Waals surface area contributed by atoms with Gasteiger partial charge in [0.15, 0.2) is 0 Å². The molecular weight excluding hydrogens is 280 g/mol. The van der Waals surface area contributed by atoms with Crippen LogP contribution in [0.3, 0.4) is 0 Å². The van der Waals surface area contributed by atoms with Gasteiger partial charge in [-0.05, 0) is 70.4 Å². The second-order valence-corrected chi connectivity index (χ2v) is 10.3. The summed E-state index contributed by atoms with van der Waals surface area (Å²) in [5.41, 5.74) is 6.10. The molecule has 0 amide bonds. The highest BCUT2D eigenvalue weighted by atomic mass is 31.0. The van der Waals surface area contributed by atoms with Gasteiger partial charge in [-0.2, -0.15) is 0 Å². The molecule has 120 valence electrons. The van der Waals surface area contributed by atoms with Crippen LogP contribution in [0, 0.1) is 11.8 Å². The molecule has 3 aliphatic rings. The highest BCUT2D eigenvalue weighted by Gasteiger charge is 2.59. The molecule has 21 heavy (non-hydrogen) atoms. The van der Waals surface area contributed by atoms with Crippen molar-refractivity contribution in [1.82, 2.24) is 0 Å². The van der Waals surface area contributed by atoms with Gasteiger partial charge in [0.2, 0.25) is 0 Å². The van der Waals surface area contributed by atoms with Crippen LogP contribution in [0.4, 0.5) is 0 Å². The molecule has 5 unspecified atom stereocenters. The minimum absolute atomic E-state index is 0.140. The molecule has 0 spiro atoms. The Kier molecular flexibility index (Phi) is 3.82. The van der Waals surface area contributed by atoms with Crippen molar-refractivity contribution in [3.63, 3.8) is 0 Å². The maximum Gasteiger partial charge on any atom is 0.463 e. The van der Waals surface area contributed by atoms with Gasteiger partial charge in [-0.15, -0.1) is 9.24 Å². The summed E-state index contributed by atoms with van der Waals surface area (Å²) in [5, 5.41) is 0.349.